The average molecular weight is 1080 g/mol. The molecule has 2 fully saturated rings. The van der Waals surface area contributed by atoms with E-state index in [0.717, 1.165) is 31.2 Å². The zero-order valence-corrected chi connectivity index (χ0v) is 52.4. The highest BCUT2D eigenvalue weighted by molar-refractivity contribution is 6.32. The quantitative estimate of drug-likeness (QED) is 0.122. The van der Waals surface area contributed by atoms with Gasteiger partial charge in [-0.05, 0) is 115 Å². The Hall–Kier alpha value is -5.25. The van der Waals surface area contributed by atoms with E-state index in [1.165, 1.54) is 0 Å². The minimum Gasteiger partial charge on any atom is -0.458 e. The second-order valence-electron chi connectivity index (χ2n) is 28.5. The van der Waals surface area contributed by atoms with E-state index in [4.69, 9.17) is 14.5 Å². The molecule has 3 aliphatic rings. The maximum Gasteiger partial charge on any atom is 0.342 e. The van der Waals surface area contributed by atoms with Crippen LogP contribution in [0.1, 0.15) is 224 Å². The van der Waals surface area contributed by atoms with Crippen LogP contribution in [0.5, 0.6) is 0 Å². The molecule has 2 saturated carbocycles. The van der Waals surface area contributed by atoms with Crippen molar-refractivity contribution in [2.75, 3.05) is 5.32 Å². The van der Waals surface area contributed by atoms with Crippen molar-refractivity contribution in [1.82, 2.24) is 10.3 Å². The fourth-order valence-corrected chi connectivity index (χ4v) is 13.8. The lowest BCUT2D eigenvalue weighted by atomic mass is 9.59. The Kier molecular flexibility index (Phi) is 19.5. The van der Waals surface area contributed by atoms with Crippen LogP contribution in [-0.2, 0) is 23.9 Å². The summed E-state index contributed by atoms with van der Waals surface area (Å²) in [6, 6.07) is 19.4. The average Bonchev–Trinajstić information content (AvgIpc) is 3.99. The summed E-state index contributed by atoms with van der Waals surface area (Å²) in [6.45, 7) is 43.7. The van der Waals surface area contributed by atoms with Gasteiger partial charge < -0.3 is 25.1 Å². The smallest absolute Gasteiger partial charge is 0.342 e. The lowest BCUT2D eigenvalue weighted by Crippen LogP contribution is -2.50. The van der Waals surface area contributed by atoms with E-state index >= 15 is 9.59 Å². The number of esters is 2. The summed E-state index contributed by atoms with van der Waals surface area (Å²) >= 11 is 0. The molecule has 10 heteroatoms. The summed E-state index contributed by atoms with van der Waals surface area (Å²) in [4.78, 5) is 70.4. The van der Waals surface area contributed by atoms with Crippen molar-refractivity contribution in [3.63, 3.8) is 0 Å². The number of aliphatic imine (C=N–C) groups is 1. The van der Waals surface area contributed by atoms with E-state index in [1.807, 2.05) is 108 Å². The van der Waals surface area contributed by atoms with Crippen molar-refractivity contribution in [3.05, 3.63) is 88.8 Å². The van der Waals surface area contributed by atoms with Gasteiger partial charge in [0.25, 0.3) is 0 Å². The van der Waals surface area contributed by atoms with Gasteiger partial charge in [-0.15, -0.1) is 0 Å². The number of rotatable bonds is 16. The van der Waals surface area contributed by atoms with Crippen molar-refractivity contribution in [3.8, 4) is 11.1 Å². The van der Waals surface area contributed by atoms with Crippen molar-refractivity contribution in [2.24, 2.45) is 73.0 Å². The number of nitrogens with one attached hydrogen (secondary N) is 3. The third-order valence-electron chi connectivity index (χ3n) is 19.5. The summed E-state index contributed by atoms with van der Waals surface area (Å²) in [5, 5.41) is 6.53. The van der Waals surface area contributed by atoms with Gasteiger partial charge in [-0.1, -0.05) is 199 Å². The van der Waals surface area contributed by atoms with Gasteiger partial charge in [-0.2, -0.15) is 0 Å². The van der Waals surface area contributed by atoms with Crippen molar-refractivity contribution < 1.29 is 28.7 Å². The molecule has 2 aliphatic carbocycles. The van der Waals surface area contributed by atoms with Crippen molar-refractivity contribution in [1.29, 1.82) is 0 Å². The minimum atomic E-state index is -0.716. The van der Waals surface area contributed by atoms with Crippen LogP contribution in [0.3, 0.4) is 0 Å². The third kappa shape index (κ3) is 13.4. The molecular weight excluding hydrogens is 981 g/mol. The Bertz CT molecular complexity index is 2660. The number of amidine groups is 1. The first kappa shape index (κ1) is 62.9. The molecule has 2 amide bonds. The number of allylic oxidation sites excluding steroid dienone is 1. The number of nitrogens with zero attached hydrogens (tertiary/aromatic N) is 1. The molecule has 434 valence electrons. The van der Waals surface area contributed by atoms with Gasteiger partial charge >= 0.3 is 11.9 Å². The Balaban J connectivity index is 1.70. The summed E-state index contributed by atoms with van der Waals surface area (Å²) in [7, 11) is 0. The standard InChI is InChI=1S/C69H102N4O6/c1-21-68(22-2,23-3)62(76)72-58-54(60(74)78-56-46(64(9,10)11)37-42(7)38-47(56)65(12,13)14)52(44-33-29-27-30-34-44)50(70-58)41-51-53(45-35-31-28-32-36-45)55(59(71-51)73-63(77)69(24-4,25-5)26-6)61(75)79-57-48(66(15,16)17)39-43(8)40-49(57)67(18,19)20/h27-36,41-43,46-49,56-57,70H,21-26,37-40H2,1-20H3,(H,72,76)(H,71,73,77). The number of aromatic amines is 1. The Morgan fingerprint density at radius 1 is 0.544 bits per heavy atom. The number of anilines is 1. The van der Waals surface area contributed by atoms with Crippen LogP contribution in [0.2, 0.25) is 0 Å². The zero-order valence-electron chi connectivity index (χ0n) is 52.4. The monoisotopic (exact) mass is 1080 g/mol. The maximum absolute atomic E-state index is 15.9. The van der Waals surface area contributed by atoms with E-state index in [-0.39, 0.29) is 79.9 Å². The van der Waals surface area contributed by atoms with Crippen LogP contribution in [0.4, 0.5) is 5.82 Å². The highest BCUT2D eigenvalue weighted by Crippen LogP contribution is 2.53. The van der Waals surface area contributed by atoms with Gasteiger partial charge in [-0.3, -0.25) is 9.59 Å². The predicted octanol–water partition coefficient (Wildman–Crippen LogP) is 17.3. The molecule has 0 spiro atoms. The number of amides is 2. The Morgan fingerprint density at radius 3 is 1.29 bits per heavy atom. The first-order valence-electron chi connectivity index (χ1n) is 30.3. The normalized spacial score (nSPS) is 24.1. The van der Waals surface area contributed by atoms with E-state index in [2.05, 4.69) is 113 Å². The molecule has 0 bridgehead atoms. The number of carbonyl (C=O) groups is 4. The van der Waals surface area contributed by atoms with Gasteiger partial charge in [0.05, 0.1) is 11.4 Å². The van der Waals surface area contributed by atoms with Gasteiger partial charge in [0.15, 0.2) is 0 Å². The highest BCUT2D eigenvalue weighted by atomic mass is 16.5. The molecule has 4 atom stereocenters. The molecule has 3 aromatic rings. The lowest BCUT2D eigenvalue weighted by Gasteiger charge is -2.50. The predicted molar refractivity (Wildman–Crippen MR) is 326 cm³/mol. The molecule has 2 aromatic carbocycles. The van der Waals surface area contributed by atoms with E-state index < -0.39 is 35.0 Å². The number of H-pyrrole nitrogens is 1. The summed E-state index contributed by atoms with van der Waals surface area (Å²) in [6.07, 6.45) is 8.27. The molecule has 4 unspecified atom stereocenters. The van der Waals surface area contributed by atoms with E-state index in [0.29, 0.717) is 78.5 Å². The largest absolute Gasteiger partial charge is 0.458 e. The van der Waals surface area contributed by atoms with Crippen LogP contribution < -0.4 is 10.6 Å². The van der Waals surface area contributed by atoms with Crippen molar-refractivity contribution in [2.45, 2.75) is 215 Å². The SMILES string of the molecule is CCC(CC)(CC)C(=O)NC1=NC(=Cc2[nH]c(NC(=O)C(CC)(CC)CC)c(C(=O)OC3C(C(C)(C)C)CC(C)CC3C(C)(C)C)c2-c2ccccc2)C(c2ccccc2)=C1C(=O)OC1C(C(C)(C)C)CC(C)CC1C(C)(C)C. The summed E-state index contributed by atoms with van der Waals surface area (Å²) < 4.78 is 14.1. The second kappa shape index (κ2) is 24.5. The molecule has 0 radical (unpaired) electrons. The molecular formula is C69H102N4O6. The van der Waals surface area contributed by atoms with E-state index in [1.54, 1.807) is 0 Å². The maximum atomic E-state index is 15.9. The first-order chi connectivity index (χ1) is 36.8. The molecule has 1 aromatic heterocycles. The number of hydrogen-bond donors (Lipinski definition) is 3. The molecule has 1 aliphatic heterocycles. The molecule has 3 N–H and O–H groups in total. The molecule has 79 heavy (non-hydrogen) atoms. The molecule has 0 saturated heterocycles. The third-order valence-corrected chi connectivity index (χ3v) is 19.5. The fourth-order valence-electron chi connectivity index (χ4n) is 13.8. The minimum absolute atomic E-state index is 0.0601. The highest BCUT2D eigenvalue weighted by Gasteiger charge is 2.51. The van der Waals surface area contributed by atoms with Crippen LogP contribution in [0.25, 0.3) is 22.8 Å². The number of hydrogen-bond acceptors (Lipinski definition) is 7. The summed E-state index contributed by atoms with van der Waals surface area (Å²) in [5.41, 5.74) is 1.56. The Morgan fingerprint density at radius 2 is 0.911 bits per heavy atom. The lowest BCUT2D eigenvalue weighted by molar-refractivity contribution is -0.164. The van der Waals surface area contributed by atoms with Crippen LogP contribution >= 0.6 is 0 Å². The van der Waals surface area contributed by atoms with Gasteiger partial charge in [0.2, 0.25) is 11.8 Å². The van der Waals surface area contributed by atoms with E-state index in [9.17, 15) is 9.59 Å². The Labute approximate surface area is 477 Å². The molecule has 6 rings (SSSR count). The van der Waals surface area contributed by atoms with Crippen LogP contribution in [0, 0.1) is 68.0 Å². The summed E-state index contributed by atoms with van der Waals surface area (Å²) in [5.74, 6) is 0.00380. The number of benzene rings is 2. The number of ether oxygens (including phenoxy) is 2. The van der Waals surface area contributed by atoms with Crippen LogP contribution in [0.15, 0.2) is 76.9 Å². The number of aromatic nitrogens is 1. The van der Waals surface area contributed by atoms with Crippen molar-refractivity contribution >= 4 is 47.1 Å². The second-order valence-corrected chi connectivity index (χ2v) is 28.5. The zero-order chi connectivity index (χ0) is 58.8. The first-order valence-corrected chi connectivity index (χ1v) is 30.3. The number of carbonyl (C=O) groups excluding carboxylic acids is 4. The fraction of sp³-hybridized carbons (Fsp3) is 0.638. The molecule has 2 heterocycles. The molecule has 10 nitrogen and oxygen atoms in total. The van der Waals surface area contributed by atoms with Gasteiger partial charge in [0.1, 0.15) is 35.0 Å². The van der Waals surface area contributed by atoms with Crippen LogP contribution in [-0.4, -0.2) is 46.8 Å². The van der Waals surface area contributed by atoms with Gasteiger partial charge in [0, 0.05) is 45.6 Å². The van der Waals surface area contributed by atoms with Gasteiger partial charge in [-0.25, -0.2) is 14.6 Å². The topological polar surface area (TPSA) is 139 Å².